The van der Waals surface area contributed by atoms with Crippen LogP contribution >= 0.6 is 0 Å². The zero-order valence-electron chi connectivity index (χ0n) is 26.4. The molecule has 0 aliphatic carbocycles. The van der Waals surface area contributed by atoms with Crippen LogP contribution in [0, 0.1) is 27.7 Å². The minimum Gasteiger partial charge on any atom is -0.418 e. The van der Waals surface area contributed by atoms with Gasteiger partial charge in [-0.15, -0.1) is 0 Å². The first kappa shape index (κ1) is 37.2. The van der Waals surface area contributed by atoms with Gasteiger partial charge in [0.25, 0.3) is 0 Å². The molecular formula is C32H32B2F8N6. The molecule has 1 aliphatic heterocycles. The maximum Gasteiger partial charge on any atom is 0.673 e. The summed E-state index contributed by atoms with van der Waals surface area (Å²) in [4.78, 5) is 9.78. The minimum atomic E-state index is -6.00. The van der Waals surface area contributed by atoms with Crippen molar-refractivity contribution in [3.05, 3.63) is 120 Å². The topological polar surface area (TPSA) is 56.5 Å². The molecule has 6 nitrogen and oxygen atoms in total. The van der Waals surface area contributed by atoms with Crippen molar-refractivity contribution in [3.63, 3.8) is 0 Å². The second kappa shape index (κ2) is 16.5. The smallest absolute Gasteiger partial charge is 0.418 e. The Morgan fingerprint density at radius 3 is 1.10 bits per heavy atom. The van der Waals surface area contributed by atoms with E-state index in [4.69, 9.17) is 9.98 Å². The van der Waals surface area contributed by atoms with E-state index in [0.717, 1.165) is 34.1 Å². The number of pyridine rings is 2. The van der Waals surface area contributed by atoms with Gasteiger partial charge in [0.15, 0.2) is 24.8 Å². The summed E-state index contributed by atoms with van der Waals surface area (Å²) in [6, 6.07) is 20.4. The van der Waals surface area contributed by atoms with Crippen LogP contribution in [0.15, 0.2) is 108 Å². The fraction of sp³-hybridized carbons (Fsp3) is 0.125. The summed E-state index contributed by atoms with van der Waals surface area (Å²) >= 11 is 0. The van der Waals surface area contributed by atoms with E-state index in [1.165, 1.54) is 22.3 Å². The average molecular weight is 674 g/mol. The first-order chi connectivity index (χ1) is 22.4. The van der Waals surface area contributed by atoms with Crippen LogP contribution in [0.5, 0.6) is 0 Å². The van der Waals surface area contributed by atoms with Crippen molar-refractivity contribution in [2.45, 2.75) is 27.7 Å². The van der Waals surface area contributed by atoms with Gasteiger partial charge in [0.2, 0.25) is 11.4 Å². The zero-order chi connectivity index (χ0) is 35.5. The number of benzene rings is 2. The maximum absolute atomic E-state index is 9.75. The Morgan fingerprint density at radius 1 is 0.500 bits per heavy atom. The molecule has 0 spiro atoms. The number of allylic oxidation sites excluding steroid dienone is 2. The van der Waals surface area contributed by atoms with Crippen molar-refractivity contribution in [3.8, 4) is 0 Å². The van der Waals surface area contributed by atoms with E-state index in [1.54, 1.807) is 0 Å². The van der Waals surface area contributed by atoms with Crippen molar-refractivity contribution in [2.75, 3.05) is 10.6 Å². The summed E-state index contributed by atoms with van der Waals surface area (Å²) < 4.78 is 82.2. The molecule has 1 aliphatic rings. The number of aliphatic imine (C=N–C) groups is 2. The number of fused-ring (bicyclic) bond motifs is 2. The summed E-state index contributed by atoms with van der Waals surface area (Å²) in [5.41, 5.74) is 9.94. The third-order valence-corrected chi connectivity index (χ3v) is 6.11. The number of hydrogen-bond acceptors (Lipinski definition) is 4. The molecule has 2 N–H and O–H groups in total. The van der Waals surface area contributed by atoms with Gasteiger partial charge in [-0.05, 0) is 64.1 Å². The van der Waals surface area contributed by atoms with Crippen LogP contribution in [-0.2, 0) is 0 Å². The second-order valence-corrected chi connectivity index (χ2v) is 10.6. The third kappa shape index (κ3) is 13.6. The maximum atomic E-state index is 9.75. The lowest BCUT2D eigenvalue weighted by Crippen LogP contribution is -2.34. The number of rotatable bonds is 2. The number of para-hydroxylation sites is 4. The molecule has 0 unspecified atom stereocenters. The fourth-order valence-corrected chi connectivity index (χ4v) is 4.47. The van der Waals surface area contributed by atoms with Crippen LogP contribution in [0.1, 0.15) is 22.3 Å². The number of halogens is 8. The highest BCUT2D eigenvalue weighted by Gasteiger charge is 2.21. The average Bonchev–Trinajstić information content (AvgIpc) is 2.95. The molecule has 48 heavy (non-hydrogen) atoms. The molecule has 0 bridgehead atoms. The first-order valence-corrected chi connectivity index (χ1v) is 14.4. The number of nitrogens with zero attached hydrogens (tertiary/aromatic N) is 4. The molecule has 0 atom stereocenters. The Morgan fingerprint density at radius 2 is 0.792 bits per heavy atom. The van der Waals surface area contributed by atoms with Crippen molar-refractivity contribution in [2.24, 2.45) is 9.98 Å². The van der Waals surface area contributed by atoms with Crippen LogP contribution in [0.4, 0.5) is 57.3 Å². The van der Waals surface area contributed by atoms with E-state index in [9.17, 15) is 34.5 Å². The second-order valence-electron chi connectivity index (χ2n) is 10.6. The van der Waals surface area contributed by atoms with Crippen molar-refractivity contribution in [1.82, 2.24) is 0 Å². The van der Waals surface area contributed by atoms with Gasteiger partial charge >= 0.3 is 14.5 Å². The summed E-state index contributed by atoms with van der Waals surface area (Å²) in [5, 5.41) is 6.94. The van der Waals surface area contributed by atoms with E-state index in [1.807, 2.05) is 73.4 Å². The minimum absolute atomic E-state index is 0.832. The summed E-state index contributed by atoms with van der Waals surface area (Å²) in [6.45, 7) is 8.38. The number of aromatic nitrogens is 2. The van der Waals surface area contributed by atoms with Crippen LogP contribution in [0.2, 0.25) is 0 Å². The molecule has 0 saturated carbocycles. The van der Waals surface area contributed by atoms with E-state index in [-0.39, 0.29) is 0 Å². The highest BCUT2D eigenvalue weighted by molar-refractivity contribution is 6.50. The van der Waals surface area contributed by atoms with Gasteiger partial charge in [-0.1, -0.05) is 24.3 Å². The molecule has 5 rings (SSSR count). The standard InChI is InChI=1S/C32H32N6.2BF4/c1-23-13-24(2)20-37(19-23)27-15-33-29-9-5-7-11-31(29)35-17-28(38-21-25(3)14-26(4)22-38)18-36-32-12-8-6-10-30(32)34-16-27;2*2-1(3,4)5/h5-22,33,36H,1-4H3;;/q+2;2*-1/b27-15+,28-18+,34-16?,35-17?;;. The lowest BCUT2D eigenvalue weighted by atomic mass is 10.2. The molecule has 0 fully saturated rings. The van der Waals surface area contributed by atoms with Gasteiger partial charge in [-0.2, -0.15) is 9.13 Å². The Labute approximate surface area is 273 Å². The highest BCUT2D eigenvalue weighted by Crippen LogP contribution is 2.27. The molecule has 0 saturated heterocycles. The number of hydrogen-bond donors (Lipinski definition) is 2. The van der Waals surface area contributed by atoms with Gasteiger partial charge in [0, 0.05) is 22.3 Å². The van der Waals surface area contributed by atoms with E-state index in [0.29, 0.717) is 0 Å². The van der Waals surface area contributed by atoms with Gasteiger partial charge < -0.3 is 45.2 Å². The van der Waals surface area contributed by atoms with Crippen LogP contribution in [0.3, 0.4) is 0 Å². The van der Waals surface area contributed by atoms with Crippen LogP contribution in [0.25, 0.3) is 11.4 Å². The van der Waals surface area contributed by atoms with E-state index >= 15 is 0 Å². The molecule has 2 aromatic carbocycles. The summed E-state index contributed by atoms with van der Waals surface area (Å²) in [5.74, 6) is 0. The normalized spacial score (nSPS) is 15.2. The van der Waals surface area contributed by atoms with Crippen LogP contribution in [-0.4, -0.2) is 26.9 Å². The van der Waals surface area contributed by atoms with Crippen molar-refractivity contribution < 1.29 is 43.7 Å². The number of nitrogens with one attached hydrogen (secondary N) is 2. The molecule has 4 aromatic rings. The third-order valence-electron chi connectivity index (χ3n) is 6.11. The van der Waals surface area contributed by atoms with Crippen molar-refractivity contribution >= 4 is 61.1 Å². The molecule has 16 heteroatoms. The largest absolute Gasteiger partial charge is 0.673 e. The van der Waals surface area contributed by atoms with Crippen LogP contribution < -0.4 is 19.8 Å². The summed E-state index contributed by atoms with van der Waals surface area (Å²) in [6.07, 6.45) is 16.1. The Bertz CT molecular complexity index is 1650. The van der Waals surface area contributed by atoms with Gasteiger partial charge in [0.1, 0.15) is 12.4 Å². The highest BCUT2D eigenvalue weighted by atomic mass is 19.5. The predicted molar refractivity (Wildman–Crippen MR) is 178 cm³/mol. The fourth-order valence-electron chi connectivity index (χ4n) is 4.47. The van der Waals surface area contributed by atoms with E-state index < -0.39 is 14.5 Å². The Kier molecular flexibility index (Phi) is 12.8. The number of anilines is 2. The Hall–Kier alpha value is -5.27. The zero-order valence-corrected chi connectivity index (χ0v) is 26.4. The summed E-state index contributed by atoms with van der Waals surface area (Å²) in [7, 11) is -12.0. The van der Waals surface area contributed by atoms with Gasteiger partial charge in [0.05, 0.1) is 35.1 Å². The molecule has 3 heterocycles. The first-order valence-electron chi connectivity index (χ1n) is 14.4. The van der Waals surface area contributed by atoms with Gasteiger partial charge in [-0.3, -0.25) is 0 Å². The van der Waals surface area contributed by atoms with E-state index in [2.05, 4.69) is 84.4 Å². The monoisotopic (exact) mass is 674 g/mol. The van der Waals surface area contributed by atoms with Crippen molar-refractivity contribution in [1.29, 1.82) is 0 Å². The molecule has 0 amide bonds. The lowest BCUT2D eigenvalue weighted by molar-refractivity contribution is -0.576. The SMILES string of the molecule is Cc1cc(C)c[n+](/C2=C/Nc3ccccc3N=C/C([n+]3cc(C)cc(C)c3)=C\Nc3ccccc3N=C2)c1.F[B-](F)(F)F.F[B-](F)(F)F. The quantitative estimate of drug-likeness (QED) is 0.127. The molecular weight excluding hydrogens is 642 g/mol. The number of aryl methyl sites for hydroxylation is 4. The molecule has 2 aromatic heterocycles. The Balaban J connectivity index is 0.000000548. The van der Waals surface area contributed by atoms with Gasteiger partial charge in [-0.25, -0.2) is 9.98 Å². The molecule has 0 radical (unpaired) electrons. The molecule has 252 valence electrons. The lowest BCUT2D eigenvalue weighted by Gasteiger charge is -2.08. The predicted octanol–water partition coefficient (Wildman–Crippen LogP) is 9.03.